The smallest absolute Gasteiger partial charge is 0.0635 e. The lowest BCUT2D eigenvalue weighted by atomic mass is 9.98. The maximum absolute atomic E-state index is 4.46. The second-order valence-corrected chi connectivity index (χ2v) is 27.1. The molecule has 0 spiro atoms. The molecule has 0 amide bonds. The predicted octanol–water partition coefficient (Wildman–Crippen LogP) is 25.4. The van der Waals surface area contributed by atoms with Gasteiger partial charge in [0.2, 0.25) is 0 Å². The van der Waals surface area contributed by atoms with Gasteiger partial charge in [0, 0.05) is 144 Å². The Morgan fingerprint density at radius 1 is 0.238 bits per heavy atom. The fourth-order valence-electron chi connectivity index (χ4n) is 14.8. The van der Waals surface area contributed by atoms with Crippen molar-refractivity contribution in [3.05, 3.63) is 394 Å². The minimum Gasteiger partial charge on any atom is -0.354 e. The first-order valence-electron chi connectivity index (χ1n) is 35.1. The van der Waals surface area contributed by atoms with Crippen LogP contribution in [0.25, 0.3) is 171 Å². The molecule has 1 N–H and O–H groups in total. The van der Waals surface area contributed by atoms with Crippen molar-refractivity contribution in [3.63, 3.8) is 0 Å². The zero-order chi connectivity index (χ0) is 70.0. The predicted molar refractivity (Wildman–Crippen MR) is 439 cm³/mol. The van der Waals surface area contributed by atoms with Crippen LogP contribution in [0.15, 0.2) is 394 Å². The van der Waals surface area contributed by atoms with E-state index in [0.29, 0.717) is 0 Å². The quantitative estimate of drug-likeness (QED) is 0.140. The molecule has 0 atom stereocenters. The summed E-state index contributed by atoms with van der Waals surface area (Å²) in [6, 6.07) is 116. The number of aromatic nitrogens is 8. The highest BCUT2D eigenvalue weighted by atomic mass is 79.9. The van der Waals surface area contributed by atoms with Crippen molar-refractivity contribution in [2.24, 2.45) is 0 Å². The highest BCUT2D eigenvalue weighted by Crippen LogP contribution is 2.42. The van der Waals surface area contributed by atoms with E-state index >= 15 is 0 Å². The summed E-state index contributed by atoms with van der Waals surface area (Å²) < 4.78 is 8.13. The van der Waals surface area contributed by atoms with Crippen molar-refractivity contribution in [2.45, 2.75) is 0 Å². The average molecular weight is 1410 g/mol. The van der Waals surface area contributed by atoms with Crippen molar-refractivity contribution < 1.29 is 0 Å². The molecule has 0 aliphatic rings. The number of halogens is 1. The monoisotopic (exact) mass is 1410 g/mol. The van der Waals surface area contributed by atoms with Gasteiger partial charge in [-0.3, -0.25) is 19.9 Å². The van der Waals surface area contributed by atoms with Crippen LogP contribution < -0.4 is 0 Å². The Morgan fingerprint density at radius 3 is 1.03 bits per heavy atom. The van der Waals surface area contributed by atoms with Gasteiger partial charge < -0.3 is 18.7 Å². The van der Waals surface area contributed by atoms with E-state index < -0.39 is 0 Å². The first-order valence-corrected chi connectivity index (χ1v) is 35.9. The number of benzene rings is 12. The molecule has 105 heavy (non-hydrogen) atoms. The minimum atomic E-state index is 1.05. The van der Waals surface area contributed by atoms with Crippen LogP contribution in [0.1, 0.15) is 0 Å². The number of fused-ring (bicyclic) bond motifs is 10. The van der Waals surface area contributed by atoms with Gasteiger partial charge in [-0.25, -0.2) is 0 Å². The van der Waals surface area contributed by atoms with Gasteiger partial charge in [-0.2, -0.15) is 0 Å². The number of H-pyrrole nitrogens is 1. The third kappa shape index (κ3) is 12.6. The Hall–Kier alpha value is -13.6. The molecule has 0 saturated heterocycles. The number of nitrogens with one attached hydrogen (secondary N) is 1. The fourth-order valence-corrected chi connectivity index (χ4v) is 15.2. The molecule has 8 nitrogen and oxygen atoms in total. The van der Waals surface area contributed by atoms with Gasteiger partial charge in [-0.1, -0.05) is 210 Å². The standard InChI is InChI=1S/C48H32N4.C32H22N2.C16H11BrN2/c1-3-11-33(12-4-1)37-25-38(34-13-5-2-6-14-34)28-41(27-37)51-24-21-45-46(51)20-19-44-43-17-7-8-18-47(43)52(48(44)45)42-29-39(35-15-9-22-49-31-35)26-40(30-42)36-16-10-23-50-32-36;1-3-9-22(10-4-1)24-19-25(23-11-5-2-6-12-23)21-26(20-24)34-18-17-29-31(34)16-15-28-27-13-7-8-14-30(27)33-32(28)29;17-16-8-14(12-3-1-5-18-10-12)7-15(9-16)13-4-2-6-19-11-13/h1-32H;1-21,33H;1-11H. The van der Waals surface area contributed by atoms with Crippen LogP contribution >= 0.6 is 15.9 Å². The van der Waals surface area contributed by atoms with E-state index in [1.54, 1.807) is 12.4 Å². The summed E-state index contributed by atoms with van der Waals surface area (Å²) in [6.07, 6.45) is 19.2. The third-order valence-electron chi connectivity index (χ3n) is 19.7. The van der Waals surface area contributed by atoms with Crippen LogP contribution in [0.4, 0.5) is 0 Å². The van der Waals surface area contributed by atoms with Gasteiger partial charge in [-0.05, 0) is 200 Å². The number of hydrogen-bond acceptors (Lipinski definition) is 4. The lowest BCUT2D eigenvalue weighted by Gasteiger charge is -2.15. The average Bonchev–Trinajstić information content (AvgIpc) is 1.57. The second kappa shape index (κ2) is 28.1. The van der Waals surface area contributed by atoms with Crippen LogP contribution in [-0.4, -0.2) is 38.6 Å². The van der Waals surface area contributed by atoms with Crippen LogP contribution in [-0.2, 0) is 0 Å². The van der Waals surface area contributed by atoms with E-state index in [1.807, 2.05) is 61.4 Å². The second-order valence-electron chi connectivity index (χ2n) is 26.2. The van der Waals surface area contributed by atoms with E-state index in [1.165, 1.54) is 98.9 Å². The van der Waals surface area contributed by atoms with Gasteiger partial charge in [0.25, 0.3) is 0 Å². The molecular formula is C96H65BrN8. The summed E-state index contributed by atoms with van der Waals surface area (Å²) in [6.45, 7) is 0. The Kier molecular flexibility index (Phi) is 17.0. The van der Waals surface area contributed by atoms with Crippen LogP contribution in [0.3, 0.4) is 0 Å². The van der Waals surface area contributed by atoms with Gasteiger partial charge in [0.05, 0.1) is 27.6 Å². The van der Waals surface area contributed by atoms with Crippen LogP contribution in [0, 0.1) is 0 Å². The summed E-state index contributed by atoms with van der Waals surface area (Å²) in [5, 5.41) is 7.40. The Bertz CT molecular complexity index is 6260. The van der Waals surface area contributed by atoms with E-state index in [-0.39, 0.29) is 0 Å². The molecule has 8 aromatic heterocycles. The van der Waals surface area contributed by atoms with E-state index in [4.69, 9.17) is 0 Å². The summed E-state index contributed by atoms with van der Waals surface area (Å²) in [7, 11) is 0. The Balaban J connectivity index is 0.000000126. The Labute approximate surface area is 615 Å². The van der Waals surface area contributed by atoms with Gasteiger partial charge in [-0.15, -0.1) is 0 Å². The van der Waals surface area contributed by atoms with Crippen molar-refractivity contribution in [3.8, 4) is 106 Å². The highest BCUT2D eigenvalue weighted by Gasteiger charge is 2.21. The molecule has 20 rings (SSSR count). The van der Waals surface area contributed by atoms with Crippen LogP contribution in [0.5, 0.6) is 0 Å². The van der Waals surface area contributed by atoms with Gasteiger partial charge >= 0.3 is 0 Å². The largest absolute Gasteiger partial charge is 0.354 e. The first-order chi connectivity index (χ1) is 52.0. The van der Waals surface area contributed by atoms with Crippen LogP contribution in [0.2, 0.25) is 0 Å². The van der Waals surface area contributed by atoms with Crippen molar-refractivity contribution in [1.29, 1.82) is 0 Å². The topological polar surface area (TPSA) is 82.1 Å². The number of rotatable bonds is 11. The number of hydrogen-bond donors (Lipinski definition) is 1. The van der Waals surface area contributed by atoms with Crippen molar-refractivity contribution in [2.75, 3.05) is 0 Å². The molecule has 496 valence electrons. The SMILES string of the molecule is Brc1cc(-c2cccnc2)cc(-c2cccnc2)c1.c1ccc(-c2cc(-c3ccccc3)cc(-n3ccc4c3ccc3c5ccccc5n(-c5cc(-c6cccnc6)cc(-c6cccnc6)c5)c34)c2)cc1.c1ccc(-c2cc(-c3ccccc3)cc(-n3ccc4c5[nH]c6ccccc6c5ccc43)c2)cc1. The summed E-state index contributed by atoms with van der Waals surface area (Å²) in [5.41, 5.74) is 28.9. The third-order valence-corrected chi connectivity index (χ3v) is 20.2. The zero-order valence-corrected chi connectivity index (χ0v) is 58.5. The van der Waals surface area contributed by atoms with E-state index in [0.717, 1.165) is 77.1 Å². The lowest BCUT2D eigenvalue weighted by Crippen LogP contribution is -1.97. The van der Waals surface area contributed by atoms with Crippen molar-refractivity contribution >= 4 is 81.3 Å². The highest BCUT2D eigenvalue weighted by molar-refractivity contribution is 9.10. The molecule has 12 aromatic carbocycles. The molecule has 0 unspecified atom stereocenters. The molecule has 0 radical (unpaired) electrons. The first kappa shape index (κ1) is 63.6. The lowest BCUT2D eigenvalue weighted by molar-refractivity contribution is 1.13. The van der Waals surface area contributed by atoms with Gasteiger partial charge in [0.15, 0.2) is 0 Å². The molecule has 8 heterocycles. The number of pyridine rings is 4. The summed E-state index contributed by atoms with van der Waals surface area (Å²) in [5.74, 6) is 0. The maximum Gasteiger partial charge on any atom is 0.0635 e. The molecule has 20 aromatic rings. The minimum absolute atomic E-state index is 1.05. The molecule has 0 aliphatic heterocycles. The summed E-state index contributed by atoms with van der Waals surface area (Å²) in [4.78, 5) is 20.9. The molecule has 0 bridgehead atoms. The normalized spacial score (nSPS) is 11.3. The molecule has 9 heteroatoms. The molecule has 0 fully saturated rings. The molecule has 0 aliphatic carbocycles. The Morgan fingerprint density at radius 2 is 0.590 bits per heavy atom. The number of aromatic amines is 1. The summed E-state index contributed by atoms with van der Waals surface area (Å²) >= 11 is 3.57. The maximum atomic E-state index is 4.46. The molecular weight excluding hydrogens is 1350 g/mol. The van der Waals surface area contributed by atoms with Crippen molar-refractivity contribution in [1.82, 2.24) is 38.6 Å². The molecule has 0 saturated carbocycles. The van der Waals surface area contributed by atoms with E-state index in [9.17, 15) is 0 Å². The zero-order valence-electron chi connectivity index (χ0n) is 57.0. The number of para-hydroxylation sites is 2. The number of nitrogens with zero attached hydrogens (tertiary/aromatic N) is 7. The van der Waals surface area contributed by atoms with Gasteiger partial charge in [0.1, 0.15) is 0 Å². The fraction of sp³-hybridized carbons (Fsp3) is 0. The van der Waals surface area contributed by atoms with E-state index in [2.05, 4.69) is 370 Å².